The first-order chi connectivity index (χ1) is 4.83. The topological polar surface area (TPSA) is 12.4 Å². The molecule has 0 aromatic heterocycles. The van der Waals surface area contributed by atoms with Crippen molar-refractivity contribution in [2.24, 2.45) is 4.99 Å². The van der Waals surface area contributed by atoms with Crippen LogP contribution in [0, 0.1) is 0 Å². The number of hydrogen-bond donors (Lipinski definition) is 0. The Balaban J connectivity index is 0. The van der Waals surface area contributed by atoms with Gasteiger partial charge in [-0.15, -0.1) is 6.58 Å². The molecule has 0 atom stereocenters. The van der Waals surface area contributed by atoms with Crippen molar-refractivity contribution in [3.63, 3.8) is 0 Å². The van der Waals surface area contributed by atoms with Crippen LogP contribution in [-0.2, 0) is 0 Å². The summed E-state index contributed by atoms with van der Waals surface area (Å²) >= 11 is 0. The van der Waals surface area contributed by atoms with Gasteiger partial charge in [-0.25, -0.2) is 0 Å². The van der Waals surface area contributed by atoms with Gasteiger partial charge in [-0.1, -0.05) is 18.2 Å². The Morgan fingerprint density at radius 3 is 1.90 bits per heavy atom. The van der Waals surface area contributed by atoms with E-state index < -0.39 is 0 Å². The van der Waals surface area contributed by atoms with Gasteiger partial charge in [0.25, 0.3) is 0 Å². The zero-order chi connectivity index (χ0) is 8.24. The molecule has 0 rings (SSSR count). The highest BCUT2D eigenvalue weighted by Crippen LogP contribution is 1.76. The summed E-state index contributed by atoms with van der Waals surface area (Å²) in [5.41, 5.74) is 0. The number of aliphatic imine (C=N–C) groups is 1. The van der Waals surface area contributed by atoms with Crippen molar-refractivity contribution in [1.82, 2.24) is 0 Å². The Morgan fingerprint density at radius 2 is 1.80 bits per heavy atom. The van der Waals surface area contributed by atoms with Crippen molar-refractivity contribution in [2.75, 3.05) is 6.54 Å². The van der Waals surface area contributed by atoms with E-state index in [1.165, 1.54) is 0 Å². The third-order valence-corrected chi connectivity index (χ3v) is 0.825. The fourth-order valence-corrected chi connectivity index (χ4v) is 0.183. The van der Waals surface area contributed by atoms with Crippen LogP contribution in [0.3, 0.4) is 0 Å². The maximum atomic E-state index is 3.60. The van der Waals surface area contributed by atoms with E-state index in [1.807, 2.05) is 32.1 Å². The van der Waals surface area contributed by atoms with Gasteiger partial charge in [0.15, 0.2) is 0 Å². The molecule has 0 amide bonds. The van der Waals surface area contributed by atoms with Gasteiger partial charge in [-0.2, -0.15) is 0 Å². The summed E-state index contributed by atoms with van der Waals surface area (Å²) in [5, 5.41) is 0. The quantitative estimate of drug-likeness (QED) is 0.324. The summed E-state index contributed by atoms with van der Waals surface area (Å²) in [7, 11) is 0. The van der Waals surface area contributed by atoms with Crippen LogP contribution in [-0.4, -0.2) is 13.3 Å². The fraction of sp³-hybridized carbons (Fsp3) is 0.444. The molecule has 0 aliphatic heterocycles. The van der Waals surface area contributed by atoms with Crippen molar-refractivity contribution in [2.45, 2.75) is 20.3 Å². The normalized spacial score (nSPS) is 8.20. The number of rotatable bonds is 3. The zero-order valence-electron chi connectivity index (χ0n) is 7.01. The van der Waals surface area contributed by atoms with Crippen molar-refractivity contribution < 1.29 is 0 Å². The van der Waals surface area contributed by atoms with Crippen molar-refractivity contribution >= 4 is 6.72 Å². The van der Waals surface area contributed by atoms with Gasteiger partial charge in [0.2, 0.25) is 0 Å². The monoisotopic (exact) mass is 139 g/mol. The van der Waals surface area contributed by atoms with E-state index in [-0.39, 0.29) is 0 Å². The molecule has 0 radical (unpaired) electrons. The molecule has 0 bridgehead atoms. The molecular weight excluding hydrogens is 122 g/mol. The Morgan fingerprint density at radius 1 is 1.30 bits per heavy atom. The van der Waals surface area contributed by atoms with Crippen molar-refractivity contribution in [3.05, 3.63) is 24.8 Å². The molecular formula is C9H17N. The molecule has 0 N–H and O–H groups in total. The first-order valence-electron chi connectivity index (χ1n) is 3.44. The lowest BCUT2D eigenvalue weighted by molar-refractivity contribution is 1.02. The van der Waals surface area contributed by atoms with Gasteiger partial charge < -0.3 is 4.99 Å². The Bertz CT molecular complexity index is 80.9. The van der Waals surface area contributed by atoms with E-state index in [2.05, 4.69) is 18.3 Å². The van der Waals surface area contributed by atoms with E-state index >= 15 is 0 Å². The third kappa shape index (κ3) is 27.3. The lowest BCUT2D eigenvalue weighted by atomic mass is 10.4. The molecule has 1 heteroatoms. The zero-order valence-corrected chi connectivity index (χ0v) is 7.01. The molecule has 58 valence electrons. The van der Waals surface area contributed by atoms with Crippen LogP contribution in [0.2, 0.25) is 0 Å². The SMILES string of the molecule is C/C=C/C.C=CCCN=C. The lowest BCUT2D eigenvalue weighted by Crippen LogP contribution is -1.69. The molecule has 1 nitrogen and oxygen atoms in total. The fourth-order valence-electron chi connectivity index (χ4n) is 0.183. The molecule has 0 aromatic rings. The minimum atomic E-state index is 0.809. The van der Waals surface area contributed by atoms with Crippen LogP contribution in [0.25, 0.3) is 0 Å². The van der Waals surface area contributed by atoms with E-state index in [1.54, 1.807) is 0 Å². The highest BCUT2D eigenvalue weighted by atomic mass is 14.7. The first-order valence-corrected chi connectivity index (χ1v) is 3.44. The first kappa shape index (κ1) is 11.9. The minimum absolute atomic E-state index is 0.809. The summed E-state index contributed by atoms with van der Waals surface area (Å²) in [6.45, 7) is 11.6. The molecule has 0 aliphatic carbocycles. The van der Waals surface area contributed by atoms with Crippen LogP contribution in [0.4, 0.5) is 0 Å². The summed E-state index contributed by atoms with van der Waals surface area (Å²) in [6, 6.07) is 0. The van der Waals surface area contributed by atoms with Gasteiger partial charge >= 0.3 is 0 Å². The molecule has 0 aromatic carbocycles. The number of nitrogens with zero attached hydrogens (tertiary/aromatic N) is 1. The molecule has 0 aliphatic rings. The van der Waals surface area contributed by atoms with Crippen molar-refractivity contribution in [3.8, 4) is 0 Å². The maximum absolute atomic E-state index is 3.60. The Kier molecular flexibility index (Phi) is 18.7. The second-order valence-corrected chi connectivity index (χ2v) is 1.69. The van der Waals surface area contributed by atoms with Gasteiger partial charge in [-0.05, 0) is 27.0 Å². The molecule has 0 saturated carbocycles. The van der Waals surface area contributed by atoms with E-state index in [9.17, 15) is 0 Å². The summed E-state index contributed by atoms with van der Waals surface area (Å²) in [4.78, 5) is 3.60. The Labute approximate surface area is 64.2 Å². The summed E-state index contributed by atoms with van der Waals surface area (Å²) in [5.74, 6) is 0. The third-order valence-electron chi connectivity index (χ3n) is 0.825. The predicted molar refractivity (Wildman–Crippen MR) is 49.7 cm³/mol. The highest BCUT2D eigenvalue weighted by molar-refractivity contribution is 5.23. The molecule has 0 spiro atoms. The second kappa shape index (κ2) is 15.7. The standard InChI is InChI=1S/C5H9N.C4H8/c1-3-4-5-6-2;1-3-4-2/h3H,1-2,4-5H2;3-4H,1-2H3/b;4-3+. The predicted octanol–water partition coefficient (Wildman–Crippen LogP) is 2.85. The largest absolute Gasteiger partial charge is 0.301 e. The van der Waals surface area contributed by atoms with Gasteiger partial charge in [-0.3, -0.25) is 0 Å². The highest BCUT2D eigenvalue weighted by Gasteiger charge is 1.66. The number of hydrogen-bond acceptors (Lipinski definition) is 1. The van der Waals surface area contributed by atoms with Gasteiger partial charge in [0, 0.05) is 6.54 Å². The minimum Gasteiger partial charge on any atom is -0.301 e. The van der Waals surface area contributed by atoms with Gasteiger partial charge in [0.05, 0.1) is 0 Å². The van der Waals surface area contributed by atoms with E-state index in [0.717, 1.165) is 13.0 Å². The second-order valence-electron chi connectivity index (χ2n) is 1.69. The lowest BCUT2D eigenvalue weighted by Gasteiger charge is -1.77. The molecule has 10 heavy (non-hydrogen) atoms. The van der Waals surface area contributed by atoms with Crippen LogP contribution >= 0.6 is 0 Å². The van der Waals surface area contributed by atoms with Crippen LogP contribution in [0.15, 0.2) is 29.8 Å². The van der Waals surface area contributed by atoms with E-state index in [0.29, 0.717) is 0 Å². The maximum Gasteiger partial charge on any atom is 0.0416 e. The average Bonchev–Trinajstić information content (AvgIpc) is 2.01. The van der Waals surface area contributed by atoms with E-state index in [4.69, 9.17) is 0 Å². The number of allylic oxidation sites excluding steroid dienone is 2. The molecule has 0 saturated heterocycles. The summed E-state index contributed by atoms with van der Waals surface area (Å²) < 4.78 is 0. The van der Waals surface area contributed by atoms with Gasteiger partial charge in [0.1, 0.15) is 0 Å². The molecule has 0 unspecified atom stereocenters. The van der Waals surface area contributed by atoms with Crippen LogP contribution < -0.4 is 0 Å². The average molecular weight is 139 g/mol. The van der Waals surface area contributed by atoms with Crippen LogP contribution in [0.1, 0.15) is 20.3 Å². The Hall–Kier alpha value is -0.850. The summed E-state index contributed by atoms with van der Waals surface area (Å²) in [6.07, 6.45) is 6.78. The smallest absolute Gasteiger partial charge is 0.0416 e. The molecule has 0 fully saturated rings. The molecule has 0 heterocycles. The van der Waals surface area contributed by atoms with Crippen LogP contribution in [0.5, 0.6) is 0 Å². The van der Waals surface area contributed by atoms with Crippen molar-refractivity contribution in [1.29, 1.82) is 0 Å².